The fraction of sp³-hybridized carbons (Fsp3) is 0.368. The van der Waals surface area contributed by atoms with Gasteiger partial charge in [0.1, 0.15) is 0 Å². The first-order chi connectivity index (χ1) is 11.6. The molecule has 1 fully saturated rings. The van der Waals surface area contributed by atoms with E-state index in [4.69, 9.17) is 0 Å². The highest BCUT2D eigenvalue weighted by molar-refractivity contribution is 7.89. The summed E-state index contributed by atoms with van der Waals surface area (Å²) < 4.78 is 27.2. The van der Waals surface area contributed by atoms with Crippen molar-refractivity contribution in [3.8, 4) is 0 Å². The quantitative estimate of drug-likeness (QED) is 0.840. The Morgan fingerprint density at radius 3 is 2.38 bits per heavy atom. The third-order valence-corrected chi connectivity index (χ3v) is 6.03. The number of likely N-dealkylation sites (tertiary alicyclic amines) is 1. The van der Waals surface area contributed by atoms with Crippen molar-refractivity contribution in [3.63, 3.8) is 0 Å². The van der Waals surface area contributed by atoms with Gasteiger partial charge >= 0.3 is 0 Å². The van der Waals surface area contributed by atoms with Gasteiger partial charge < -0.3 is 0 Å². The first-order valence-corrected chi connectivity index (χ1v) is 9.96. The number of sulfonamides is 1. The van der Waals surface area contributed by atoms with Crippen LogP contribution >= 0.6 is 0 Å². The molecule has 1 aliphatic rings. The van der Waals surface area contributed by atoms with Gasteiger partial charge in [-0.05, 0) is 43.5 Å². The number of nitrogens with zero attached hydrogens (tertiary/aromatic N) is 1. The summed E-state index contributed by atoms with van der Waals surface area (Å²) in [7, 11) is -3.41. The summed E-state index contributed by atoms with van der Waals surface area (Å²) >= 11 is 0. The van der Waals surface area contributed by atoms with Crippen LogP contribution in [-0.4, -0.2) is 39.0 Å². The van der Waals surface area contributed by atoms with Crippen molar-refractivity contribution in [2.45, 2.75) is 30.2 Å². The molecule has 0 bridgehead atoms. The van der Waals surface area contributed by atoms with E-state index >= 15 is 0 Å². The Balaban J connectivity index is 1.52. The third kappa shape index (κ3) is 4.44. The first kappa shape index (κ1) is 17.1. The molecule has 2 aromatic carbocycles. The molecule has 5 heteroatoms. The molecule has 1 aliphatic heterocycles. The number of benzene rings is 2. The van der Waals surface area contributed by atoms with Crippen molar-refractivity contribution in [3.05, 3.63) is 66.2 Å². The standard InChI is InChI=1S/C19H24N2O2S/c22-24(23,19-11-5-2-6-12-19)20-13-15-21-14-7-10-18(21)16-17-8-3-1-4-9-17/h1-6,8-9,11-12,18,20H,7,10,13-16H2/t18-/m0/s1. The van der Waals surface area contributed by atoms with Gasteiger partial charge in [-0.2, -0.15) is 0 Å². The van der Waals surface area contributed by atoms with Crippen molar-refractivity contribution < 1.29 is 8.42 Å². The van der Waals surface area contributed by atoms with Gasteiger partial charge in [-0.25, -0.2) is 13.1 Å². The van der Waals surface area contributed by atoms with Gasteiger partial charge in [0.15, 0.2) is 0 Å². The minimum absolute atomic E-state index is 0.326. The van der Waals surface area contributed by atoms with E-state index in [1.807, 2.05) is 12.1 Å². The highest BCUT2D eigenvalue weighted by atomic mass is 32.2. The molecule has 4 nitrogen and oxygen atoms in total. The smallest absolute Gasteiger partial charge is 0.240 e. The lowest BCUT2D eigenvalue weighted by Crippen LogP contribution is -2.38. The number of nitrogens with one attached hydrogen (secondary N) is 1. The molecule has 1 saturated heterocycles. The van der Waals surface area contributed by atoms with Gasteiger partial charge in [0, 0.05) is 19.1 Å². The summed E-state index contributed by atoms with van der Waals surface area (Å²) in [5.74, 6) is 0. The van der Waals surface area contributed by atoms with E-state index < -0.39 is 10.0 Å². The van der Waals surface area contributed by atoms with Crippen molar-refractivity contribution in [2.75, 3.05) is 19.6 Å². The van der Waals surface area contributed by atoms with E-state index in [1.54, 1.807) is 24.3 Å². The minimum atomic E-state index is -3.41. The predicted octanol–water partition coefficient (Wildman–Crippen LogP) is 2.67. The van der Waals surface area contributed by atoms with E-state index in [-0.39, 0.29) is 0 Å². The van der Waals surface area contributed by atoms with Crippen LogP contribution in [-0.2, 0) is 16.4 Å². The summed E-state index contributed by atoms with van der Waals surface area (Å²) in [5.41, 5.74) is 1.35. The van der Waals surface area contributed by atoms with E-state index in [1.165, 1.54) is 18.4 Å². The zero-order valence-electron chi connectivity index (χ0n) is 13.8. The zero-order valence-corrected chi connectivity index (χ0v) is 14.6. The van der Waals surface area contributed by atoms with Gasteiger partial charge in [-0.1, -0.05) is 48.5 Å². The molecule has 1 atom stereocenters. The van der Waals surface area contributed by atoms with Crippen LogP contribution < -0.4 is 4.72 Å². The van der Waals surface area contributed by atoms with Crippen molar-refractivity contribution in [1.82, 2.24) is 9.62 Å². The van der Waals surface area contributed by atoms with Crippen LogP contribution in [0, 0.1) is 0 Å². The monoisotopic (exact) mass is 344 g/mol. The number of hydrogen-bond acceptors (Lipinski definition) is 3. The van der Waals surface area contributed by atoms with Crippen LogP contribution in [0.1, 0.15) is 18.4 Å². The molecular formula is C19H24N2O2S. The highest BCUT2D eigenvalue weighted by Crippen LogP contribution is 2.20. The molecule has 128 valence electrons. The molecule has 3 rings (SSSR count). The molecule has 24 heavy (non-hydrogen) atoms. The van der Waals surface area contributed by atoms with Gasteiger partial charge in [-0.3, -0.25) is 4.90 Å². The Morgan fingerprint density at radius 1 is 1.00 bits per heavy atom. The van der Waals surface area contributed by atoms with Crippen LogP contribution in [0.2, 0.25) is 0 Å². The van der Waals surface area contributed by atoms with Crippen LogP contribution in [0.3, 0.4) is 0 Å². The Labute approximate surface area is 144 Å². The van der Waals surface area contributed by atoms with Gasteiger partial charge in [0.2, 0.25) is 10.0 Å². The van der Waals surface area contributed by atoms with Crippen molar-refractivity contribution >= 4 is 10.0 Å². The molecule has 0 amide bonds. The molecule has 0 spiro atoms. The van der Waals surface area contributed by atoms with Crippen molar-refractivity contribution in [2.24, 2.45) is 0 Å². The molecule has 0 aliphatic carbocycles. The second-order valence-electron chi connectivity index (χ2n) is 6.23. The summed E-state index contributed by atoms with van der Waals surface area (Å²) in [4.78, 5) is 2.73. The Morgan fingerprint density at radius 2 is 1.67 bits per heavy atom. The average molecular weight is 344 g/mol. The Bertz CT molecular complexity index is 732. The largest absolute Gasteiger partial charge is 0.299 e. The van der Waals surface area contributed by atoms with Crippen LogP contribution in [0.4, 0.5) is 0 Å². The van der Waals surface area contributed by atoms with E-state index in [0.29, 0.717) is 17.5 Å². The summed E-state index contributed by atoms with van der Waals surface area (Å²) in [6, 6.07) is 19.6. The number of hydrogen-bond donors (Lipinski definition) is 1. The fourth-order valence-corrected chi connectivity index (χ4v) is 4.36. The second-order valence-corrected chi connectivity index (χ2v) is 8.00. The van der Waals surface area contributed by atoms with E-state index in [9.17, 15) is 8.42 Å². The number of rotatable bonds is 7. The van der Waals surface area contributed by atoms with Gasteiger partial charge in [0.05, 0.1) is 4.90 Å². The molecule has 1 heterocycles. The SMILES string of the molecule is O=S(=O)(NCCN1CCC[C@H]1Cc1ccccc1)c1ccccc1. The molecule has 0 saturated carbocycles. The topological polar surface area (TPSA) is 49.4 Å². The molecule has 1 N–H and O–H groups in total. The fourth-order valence-electron chi connectivity index (χ4n) is 3.31. The maximum absolute atomic E-state index is 12.2. The van der Waals surface area contributed by atoms with Gasteiger partial charge in [-0.15, -0.1) is 0 Å². The minimum Gasteiger partial charge on any atom is -0.299 e. The second kappa shape index (κ2) is 7.92. The molecule has 0 unspecified atom stereocenters. The van der Waals surface area contributed by atoms with E-state index in [2.05, 4.69) is 33.9 Å². The highest BCUT2D eigenvalue weighted by Gasteiger charge is 2.24. The first-order valence-electron chi connectivity index (χ1n) is 8.48. The zero-order chi connectivity index (χ0) is 16.8. The van der Waals surface area contributed by atoms with E-state index in [0.717, 1.165) is 19.5 Å². The summed E-state index contributed by atoms with van der Waals surface area (Å²) in [6.45, 7) is 2.25. The van der Waals surface area contributed by atoms with Crippen LogP contribution in [0.5, 0.6) is 0 Å². The maximum atomic E-state index is 12.2. The molecule has 0 aromatic heterocycles. The van der Waals surface area contributed by atoms with Crippen molar-refractivity contribution in [1.29, 1.82) is 0 Å². The summed E-state index contributed by atoms with van der Waals surface area (Å²) in [6.07, 6.45) is 3.40. The van der Waals surface area contributed by atoms with Crippen LogP contribution in [0.15, 0.2) is 65.6 Å². The molecule has 2 aromatic rings. The lowest BCUT2D eigenvalue weighted by atomic mass is 10.0. The molecule has 0 radical (unpaired) electrons. The lowest BCUT2D eigenvalue weighted by Gasteiger charge is -2.24. The lowest BCUT2D eigenvalue weighted by molar-refractivity contribution is 0.257. The van der Waals surface area contributed by atoms with Crippen LogP contribution in [0.25, 0.3) is 0 Å². The third-order valence-electron chi connectivity index (χ3n) is 4.56. The Kier molecular flexibility index (Phi) is 5.66. The van der Waals surface area contributed by atoms with Gasteiger partial charge in [0.25, 0.3) is 0 Å². The Hall–Kier alpha value is -1.69. The average Bonchev–Trinajstić information content (AvgIpc) is 3.03. The maximum Gasteiger partial charge on any atom is 0.240 e. The predicted molar refractivity (Wildman–Crippen MR) is 96.4 cm³/mol. The summed E-state index contributed by atoms with van der Waals surface area (Å²) in [5, 5.41) is 0. The molecular weight excluding hydrogens is 320 g/mol. The normalized spacial score (nSPS) is 18.8.